The molecule has 1 saturated carbocycles. The molecule has 1 saturated heterocycles. The lowest BCUT2D eigenvalue weighted by molar-refractivity contribution is 0.0374. The molecule has 1 aromatic carbocycles. The molecule has 1 heterocycles. The minimum absolute atomic E-state index is 0.285. The summed E-state index contributed by atoms with van der Waals surface area (Å²) in [6.45, 7) is 4.79. The van der Waals surface area contributed by atoms with Gasteiger partial charge < -0.3 is 9.84 Å². The van der Waals surface area contributed by atoms with Gasteiger partial charge in [0.15, 0.2) is 0 Å². The molecule has 2 fully saturated rings. The van der Waals surface area contributed by atoms with Crippen molar-refractivity contribution in [3.8, 4) is 5.75 Å². The number of nitrogens with zero attached hydrogens (tertiary/aromatic N) is 1. The normalized spacial score (nSPS) is 20.7. The maximum absolute atomic E-state index is 10.3. The van der Waals surface area contributed by atoms with Crippen molar-refractivity contribution >= 4 is 11.6 Å². The van der Waals surface area contributed by atoms with Gasteiger partial charge >= 0.3 is 0 Å². The van der Waals surface area contributed by atoms with E-state index in [1.54, 1.807) is 0 Å². The number of morpholine rings is 1. The number of phenolic OH excluding ortho intramolecular Hbond substituents is 1. The van der Waals surface area contributed by atoms with E-state index in [2.05, 4.69) is 11.0 Å². The fraction of sp³-hybridized carbons (Fsp3) is 0.684. The number of hydrogen-bond donors (Lipinski definition) is 1. The minimum Gasteiger partial charge on any atom is -0.506 e. The molecule has 1 aliphatic carbocycles. The minimum atomic E-state index is 0.285. The summed E-state index contributed by atoms with van der Waals surface area (Å²) in [7, 11) is 0. The van der Waals surface area contributed by atoms with Crippen LogP contribution in [0.1, 0.15) is 55.6 Å². The van der Waals surface area contributed by atoms with Gasteiger partial charge in [-0.15, -0.1) is 0 Å². The van der Waals surface area contributed by atoms with E-state index < -0.39 is 0 Å². The zero-order valence-corrected chi connectivity index (χ0v) is 14.7. The van der Waals surface area contributed by atoms with Gasteiger partial charge in [0.1, 0.15) is 5.75 Å². The number of aromatic hydroxyl groups is 1. The van der Waals surface area contributed by atoms with E-state index in [0.717, 1.165) is 51.3 Å². The largest absolute Gasteiger partial charge is 0.506 e. The Morgan fingerprint density at radius 1 is 1.13 bits per heavy atom. The van der Waals surface area contributed by atoms with Gasteiger partial charge in [0.2, 0.25) is 0 Å². The highest BCUT2D eigenvalue weighted by Gasteiger charge is 2.19. The Kier molecular flexibility index (Phi) is 6.21. The Bertz CT molecular complexity index is 508. The molecular weight excluding hydrogens is 310 g/mol. The maximum Gasteiger partial charge on any atom is 0.137 e. The van der Waals surface area contributed by atoms with Gasteiger partial charge in [0.05, 0.1) is 18.2 Å². The van der Waals surface area contributed by atoms with Crippen LogP contribution in [0.15, 0.2) is 12.1 Å². The molecule has 0 bridgehead atoms. The lowest BCUT2D eigenvalue weighted by Crippen LogP contribution is -2.36. The highest BCUT2D eigenvalue weighted by Crippen LogP contribution is 2.38. The first-order valence-electron chi connectivity index (χ1n) is 9.05. The van der Waals surface area contributed by atoms with E-state index in [0.29, 0.717) is 10.9 Å². The van der Waals surface area contributed by atoms with Crippen molar-refractivity contribution < 1.29 is 9.84 Å². The zero-order chi connectivity index (χ0) is 16.1. The van der Waals surface area contributed by atoms with Crippen molar-refractivity contribution in [3.63, 3.8) is 0 Å². The second-order valence-electron chi connectivity index (χ2n) is 6.90. The first kappa shape index (κ1) is 17.1. The molecule has 0 spiro atoms. The second-order valence-corrected chi connectivity index (χ2v) is 7.31. The van der Waals surface area contributed by atoms with Gasteiger partial charge in [-0.05, 0) is 55.3 Å². The van der Waals surface area contributed by atoms with Gasteiger partial charge in [0, 0.05) is 13.1 Å². The van der Waals surface area contributed by atoms with Crippen LogP contribution in [-0.4, -0.2) is 42.9 Å². The standard InChI is InChI=1S/C19H28ClNO2/c20-18-14-17(15-5-2-1-3-6-15)13-16(19(18)22)7-4-8-21-9-11-23-12-10-21/h13-15,22H,1-12H2. The Morgan fingerprint density at radius 2 is 1.87 bits per heavy atom. The van der Waals surface area contributed by atoms with Crippen LogP contribution in [0.5, 0.6) is 5.75 Å². The molecule has 2 aliphatic rings. The van der Waals surface area contributed by atoms with Crippen molar-refractivity contribution in [1.29, 1.82) is 0 Å². The smallest absolute Gasteiger partial charge is 0.137 e. The van der Waals surface area contributed by atoms with Crippen molar-refractivity contribution in [2.45, 2.75) is 50.9 Å². The van der Waals surface area contributed by atoms with Crippen LogP contribution in [0.25, 0.3) is 0 Å². The molecule has 128 valence electrons. The fourth-order valence-corrected chi connectivity index (χ4v) is 4.11. The third-order valence-electron chi connectivity index (χ3n) is 5.27. The summed E-state index contributed by atoms with van der Waals surface area (Å²) in [4.78, 5) is 2.44. The van der Waals surface area contributed by atoms with Crippen LogP contribution in [0.4, 0.5) is 0 Å². The quantitative estimate of drug-likeness (QED) is 0.866. The summed E-state index contributed by atoms with van der Waals surface area (Å²) < 4.78 is 5.38. The zero-order valence-electron chi connectivity index (χ0n) is 13.9. The van der Waals surface area contributed by atoms with E-state index in [9.17, 15) is 5.11 Å². The van der Waals surface area contributed by atoms with Crippen molar-refractivity contribution in [1.82, 2.24) is 4.90 Å². The monoisotopic (exact) mass is 337 g/mol. The van der Waals surface area contributed by atoms with Crippen LogP contribution >= 0.6 is 11.6 Å². The molecular formula is C19H28ClNO2. The average Bonchev–Trinajstić information content (AvgIpc) is 2.60. The second kappa shape index (κ2) is 8.36. The summed E-state index contributed by atoms with van der Waals surface area (Å²) in [6.07, 6.45) is 8.45. The topological polar surface area (TPSA) is 32.7 Å². The van der Waals surface area contributed by atoms with Gasteiger partial charge in [-0.25, -0.2) is 0 Å². The molecule has 3 nitrogen and oxygen atoms in total. The first-order valence-corrected chi connectivity index (χ1v) is 9.43. The molecule has 0 amide bonds. The fourth-order valence-electron chi connectivity index (χ4n) is 3.86. The van der Waals surface area contributed by atoms with E-state index in [1.165, 1.54) is 37.7 Å². The van der Waals surface area contributed by atoms with Crippen LogP contribution in [0.3, 0.4) is 0 Å². The molecule has 23 heavy (non-hydrogen) atoms. The molecule has 3 rings (SSSR count). The Hall–Kier alpha value is -0.770. The van der Waals surface area contributed by atoms with E-state index in [4.69, 9.17) is 16.3 Å². The molecule has 1 aromatic rings. The lowest BCUT2D eigenvalue weighted by atomic mass is 9.83. The van der Waals surface area contributed by atoms with Gasteiger partial charge in [-0.2, -0.15) is 0 Å². The number of rotatable bonds is 5. The number of ether oxygens (including phenoxy) is 1. The lowest BCUT2D eigenvalue weighted by Gasteiger charge is -2.26. The molecule has 0 radical (unpaired) electrons. The van der Waals surface area contributed by atoms with Crippen molar-refractivity contribution in [2.24, 2.45) is 0 Å². The summed E-state index contributed by atoms with van der Waals surface area (Å²) in [5.41, 5.74) is 2.35. The molecule has 0 unspecified atom stereocenters. The third-order valence-corrected chi connectivity index (χ3v) is 5.55. The molecule has 1 N–H and O–H groups in total. The van der Waals surface area contributed by atoms with Crippen molar-refractivity contribution in [3.05, 3.63) is 28.3 Å². The highest BCUT2D eigenvalue weighted by atomic mass is 35.5. The van der Waals surface area contributed by atoms with E-state index in [-0.39, 0.29) is 5.75 Å². The number of benzene rings is 1. The molecule has 4 heteroatoms. The maximum atomic E-state index is 10.3. The van der Waals surface area contributed by atoms with Crippen molar-refractivity contribution in [2.75, 3.05) is 32.8 Å². The molecule has 1 aliphatic heterocycles. The van der Waals surface area contributed by atoms with Gasteiger partial charge in [-0.3, -0.25) is 4.90 Å². The van der Waals surface area contributed by atoms with Crippen LogP contribution in [0.2, 0.25) is 5.02 Å². The van der Waals surface area contributed by atoms with Gasteiger partial charge in [-0.1, -0.05) is 36.9 Å². The average molecular weight is 338 g/mol. The molecule has 0 atom stereocenters. The third kappa shape index (κ3) is 4.62. The number of halogens is 1. The summed E-state index contributed by atoms with van der Waals surface area (Å²) in [6, 6.07) is 4.19. The Balaban J connectivity index is 1.61. The summed E-state index contributed by atoms with van der Waals surface area (Å²) in [5, 5.41) is 10.8. The Morgan fingerprint density at radius 3 is 2.61 bits per heavy atom. The number of phenols is 1. The van der Waals surface area contributed by atoms with Crippen LogP contribution in [-0.2, 0) is 11.2 Å². The number of aryl methyl sites for hydroxylation is 1. The van der Waals surface area contributed by atoms with Gasteiger partial charge in [0.25, 0.3) is 0 Å². The molecule has 0 aromatic heterocycles. The Labute approximate surface area is 144 Å². The van der Waals surface area contributed by atoms with Crippen LogP contribution in [0, 0.1) is 0 Å². The summed E-state index contributed by atoms with van der Waals surface area (Å²) >= 11 is 6.29. The van der Waals surface area contributed by atoms with Crippen LogP contribution < -0.4 is 0 Å². The van der Waals surface area contributed by atoms with E-state index >= 15 is 0 Å². The predicted octanol–water partition coefficient (Wildman–Crippen LogP) is 4.36. The first-order chi connectivity index (χ1) is 11.2. The number of hydrogen-bond acceptors (Lipinski definition) is 3. The summed E-state index contributed by atoms with van der Waals surface area (Å²) in [5.74, 6) is 0.910. The predicted molar refractivity (Wildman–Crippen MR) is 94.5 cm³/mol. The SMILES string of the molecule is Oc1c(Cl)cc(C2CCCCC2)cc1CCCN1CCOCC1. The van der Waals surface area contributed by atoms with E-state index in [1.807, 2.05) is 6.07 Å². The highest BCUT2D eigenvalue weighted by molar-refractivity contribution is 6.32.